The number of para-hydroxylation sites is 1. The van der Waals surface area contributed by atoms with E-state index in [9.17, 15) is 4.79 Å². The third-order valence-electron chi connectivity index (χ3n) is 5.62. The molecule has 2 saturated carbocycles. The topological polar surface area (TPSA) is 77.2 Å². The number of carbonyl (C=O) groups excluding carboxylic acids is 1. The first-order chi connectivity index (χ1) is 11.7. The highest BCUT2D eigenvalue weighted by Crippen LogP contribution is 2.42. The molecule has 128 valence electrons. The molecule has 1 aromatic carbocycles. The Morgan fingerprint density at radius 1 is 1.33 bits per heavy atom. The number of nitrogens with one attached hydrogen (secondary N) is 1. The normalized spacial score (nSPS) is 29.4. The average Bonchev–Trinajstić information content (AvgIpc) is 2.96. The van der Waals surface area contributed by atoms with Gasteiger partial charge in [-0.15, -0.1) is 0 Å². The van der Waals surface area contributed by atoms with Crippen molar-refractivity contribution in [2.75, 3.05) is 12.4 Å². The van der Waals surface area contributed by atoms with E-state index in [1.807, 2.05) is 18.2 Å². The lowest BCUT2D eigenvalue weighted by Gasteiger charge is -2.43. The number of rotatable bonds is 3. The van der Waals surface area contributed by atoms with Crippen molar-refractivity contribution in [3.63, 3.8) is 0 Å². The second-order valence-corrected chi connectivity index (χ2v) is 8.04. The van der Waals surface area contributed by atoms with E-state index in [-0.39, 0.29) is 17.9 Å². The zero-order chi connectivity index (χ0) is 16.7. The summed E-state index contributed by atoms with van der Waals surface area (Å²) in [6.45, 7) is 0. The smallest absolute Gasteiger partial charge is 0.229 e. The first-order valence-corrected chi connectivity index (χ1v) is 9.47. The fourth-order valence-electron chi connectivity index (χ4n) is 4.35. The molecule has 4 rings (SSSR count). The van der Waals surface area contributed by atoms with E-state index >= 15 is 0 Å². The minimum Gasteiger partial charge on any atom is -0.494 e. The number of hydrogen-bond acceptors (Lipinski definition) is 5. The molecule has 1 amide bonds. The summed E-state index contributed by atoms with van der Waals surface area (Å²) in [5, 5.41) is 3.68. The van der Waals surface area contributed by atoms with Crippen LogP contribution in [0.1, 0.15) is 32.1 Å². The summed E-state index contributed by atoms with van der Waals surface area (Å²) >= 11 is 1.49. The van der Waals surface area contributed by atoms with Crippen molar-refractivity contribution in [2.24, 2.45) is 23.5 Å². The summed E-state index contributed by atoms with van der Waals surface area (Å²) in [6, 6.07) is 6.11. The molecule has 2 unspecified atom stereocenters. The number of ether oxygens (including phenoxy) is 1. The van der Waals surface area contributed by atoms with Crippen LogP contribution in [0.25, 0.3) is 10.2 Å². The number of methoxy groups -OCH3 is 1. The van der Waals surface area contributed by atoms with Crippen molar-refractivity contribution in [3.8, 4) is 5.75 Å². The molecule has 0 saturated heterocycles. The van der Waals surface area contributed by atoms with Crippen molar-refractivity contribution in [2.45, 2.75) is 38.1 Å². The molecule has 2 aliphatic carbocycles. The molecular formula is C18H23N3O2S. The number of aromatic nitrogens is 1. The Hall–Kier alpha value is -1.66. The minimum atomic E-state index is 0.0639. The minimum absolute atomic E-state index is 0.0639. The maximum Gasteiger partial charge on any atom is 0.229 e. The Morgan fingerprint density at radius 2 is 2.08 bits per heavy atom. The molecule has 2 atom stereocenters. The van der Waals surface area contributed by atoms with Crippen molar-refractivity contribution in [3.05, 3.63) is 18.2 Å². The lowest BCUT2D eigenvalue weighted by molar-refractivity contribution is -0.122. The molecule has 24 heavy (non-hydrogen) atoms. The van der Waals surface area contributed by atoms with Crippen LogP contribution in [-0.2, 0) is 4.79 Å². The van der Waals surface area contributed by atoms with Crippen LogP contribution in [0.15, 0.2) is 18.2 Å². The summed E-state index contributed by atoms with van der Waals surface area (Å²) in [5.74, 6) is 1.90. The fourth-order valence-corrected chi connectivity index (χ4v) is 5.24. The van der Waals surface area contributed by atoms with Gasteiger partial charge in [0.1, 0.15) is 11.3 Å². The molecule has 5 nitrogen and oxygen atoms in total. The van der Waals surface area contributed by atoms with Gasteiger partial charge in [-0.2, -0.15) is 0 Å². The SMILES string of the molecule is COc1cccc2sc(NC(=O)C3CC4CCCC(C3)C4N)nc12. The molecule has 2 fully saturated rings. The summed E-state index contributed by atoms with van der Waals surface area (Å²) in [7, 11) is 1.64. The highest BCUT2D eigenvalue weighted by Gasteiger charge is 2.40. The monoisotopic (exact) mass is 345 g/mol. The van der Waals surface area contributed by atoms with Crippen molar-refractivity contribution >= 4 is 32.6 Å². The van der Waals surface area contributed by atoms with Crippen LogP contribution >= 0.6 is 11.3 Å². The Kier molecular flexibility index (Phi) is 4.18. The third kappa shape index (κ3) is 2.78. The molecule has 1 heterocycles. The van der Waals surface area contributed by atoms with Gasteiger partial charge in [0.05, 0.1) is 11.8 Å². The van der Waals surface area contributed by atoms with E-state index in [0.29, 0.717) is 17.0 Å². The van der Waals surface area contributed by atoms with E-state index in [2.05, 4.69) is 10.3 Å². The number of carbonyl (C=O) groups is 1. The van der Waals surface area contributed by atoms with E-state index in [0.717, 1.165) is 28.8 Å². The first-order valence-electron chi connectivity index (χ1n) is 8.65. The van der Waals surface area contributed by atoms with Gasteiger partial charge in [0.15, 0.2) is 5.13 Å². The second-order valence-electron chi connectivity index (χ2n) is 7.01. The van der Waals surface area contributed by atoms with Gasteiger partial charge in [-0.25, -0.2) is 4.98 Å². The van der Waals surface area contributed by atoms with Crippen molar-refractivity contribution < 1.29 is 9.53 Å². The number of fused-ring (bicyclic) bond motifs is 3. The molecule has 6 heteroatoms. The summed E-state index contributed by atoms with van der Waals surface area (Å²) in [5.41, 5.74) is 7.13. The lowest BCUT2D eigenvalue weighted by atomic mass is 9.65. The van der Waals surface area contributed by atoms with Gasteiger partial charge in [0, 0.05) is 12.0 Å². The first kappa shape index (κ1) is 15.8. The van der Waals surface area contributed by atoms with Gasteiger partial charge in [-0.3, -0.25) is 4.79 Å². The number of amides is 1. The molecule has 0 spiro atoms. The van der Waals surface area contributed by atoms with E-state index < -0.39 is 0 Å². The summed E-state index contributed by atoms with van der Waals surface area (Å²) in [4.78, 5) is 17.3. The molecule has 2 aromatic rings. The number of thiazole rings is 1. The molecule has 0 radical (unpaired) electrons. The van der Waals surface area contributed by atoms with Gasteiger partial charge in [0.25, 0.3) is 0 Å². The Labute approximate surface area is 145 Å². The van der Waals surface area contributed by atoms with Gasteiger partial charge in [0.2, 0.25) is 5.91 Å². The zero-order valence-corrected chi connectivity index (χ0v) is 14.6. The number of anilines is 1. The van der Waals surface area contributed by atoms with Gasteiger partial charge >= 0.3 is 0 Å². The van der Waals surface area contributed by atoms with Crippen LogP contribution in [-0.4, -0.2) is 24.0 Å². The van der Waals surface area contributed by atoms with Gasteiger partial charge in [-0.05, 0) is 49.7 Å². The van der Waals surface area contributed by atoms with Crippen molar-refractivity contribution in [1.29, 1.82) is 0 Å². The average molecular weight is 345 g/mol. The van der Waals surface area contributed by atoms with Crippen LogP contribution < -0.4 is 15.8 Å². The molecule has 2 aliphatic rings. The van der Waals surface area contributed by atoms with E-state index in [1.165, 1.54) is 30.6 Å². The Morgan fingerprint density at radius 3 is 2.79 bits per heavy atom. The zero-order valence-electron chi connectivity index (χ0n) is 13.8. The van der Waals surface area contributed by atoms with E-state index in [4.69, 9.17) is 10.5 Å². The van der Waals surface area contributed by atoms with E-state index in [1.54, 1.807) is 7.11 Å². The van der Waals surface area contributed by atoms with Crippen LogP contribution in [0.3, 0.4) is 0 Å². The maximum atomic E-state index is 12.7. The van der Waals surface area contributed by atoms with Gasteiger partial charge in [-0.1, -0.05) is 23.8 Å². The molecule has 2 bridgehead atoms. The van der Waals surface area contributed by atoms with Gasteiger partial charge < -0.3 is 15.8 Å². The largest absolute Gasteiger partial charge is 0.494 e. The van der Waals surface area contributed by atoms with Crippen molar-refractivity contribution in [1.82, 2.24) is 4.98 Å². The number of hydrogen-bond donors (Lipinski definition) is 2. The molecule has 1 aromatic heterocycles. The van der Waals surface area contributed by atoms with Crippen LogP contribution in [0.4, 0.5) is 5.13 Å². The highest BCUT2D eigenvalue weighted by molar-refractivity contribution is 7.22. The Bertz CT molecular complexity index is 746. The summed E-state index contributed by atoms with van der Waals surface area (Å²) < 4.78 is 6.36. The highest BCUT2D eigenvalue weighted by atomic mass is 32.1. The second kappa shape index (κ2) is 6.33. The number of benzene rings is 1. The third-order valence-corrected chi connectivity index (χ3v) is 6.55. The predicted octanol–water partition coefficient (Wildman–Crippen LogP) is 3.40. The number of nitrogens with zero attached hydrogens (tertiary/aromatic N) is 1. The molecule has 3 N–H and O–H groups in total. The predicted molar refractivity (Wildman–Crippen MR) is 96.3 cm³/mol. The molecular weight excluding hydrogens is 322 g/mol. The quantitative estimate of drug-likeness (QED) is 0.894. The molecule has 0 aliphatic heterocycles. The number of nitrogens with two attached hydrogens (primary N) is 1. The maximum absolute atomic E-state index is 12.7. The Balaban J connectivity index is 1.50. The van der Waals surface area contributed by atoms with Crippen LogP contribution in [0.5, 0.6) is 5.75 Å². The van der Waals surface area contributed by atoms with Crippen LogP contribution in [0.2, 0.25) is 0 Å². The summed E-state index contributed by atoms with van der Waals surface area (Å²) in [6.07, 6.45) is 5.42. The fraction of sp³-hybridized carbons (Fsp3) is 0.556. The standard InChI is InChI=1S/C18H23N3O2S/c1-23-13-6-3-7-14-16(13)20-18(24-14)21-17(22)12-8-10-4-2-5-11(9-12)15(10)19/h3,6-7,10-12,15H,2,4-5,8-9,19H2,1H3,(H,20,21,22). The van der Waals surface area contributed by atoms with Crippen LogP contribution in [0, 0.1) is 17.8 Å². The lowest BCUT2D eigenvalue weighted by Crippen LogP contribution is -2.48.